The second-order valence-corrected chi connectivity index (χ2v) is 7.20. The van der Waals surface area contributed by atoms with E-state index in [0.29, 0.717) is 6.54 Å². The number of aliphatic hydroxyl groups excluding tert-OH is 1. The van der Waals surface area contributed by atoms with Crippen LogP contribution >= 0.6 is 0 Å². The number of hydrogen-bond acceptors (Lipinski definition) is 4. The van der Waals surface area contributed by atoms with Gasteiger partial charge in [-0.2, -0.15) is 5.10 Å². The van der Waals surface area contributed by atoms with E-state index in [0.717, 1.165) is 23.4 Å². The highest BCUT2D eigenvalue weighted by atomic mass is 16.3. The monoisotopic (exact) mass is 316 g/mol. The Balaban J connectivity index is 2.05. The van der Waals surface area contributed by atoms with Gasteiger partial charge in [0.25, 0.3) is 0 Å². The Labute approximate surface area is 138 Å². The Kier molecular flexibility index (Phi) is 5.55. The average Bonchev–Trinajstić information content (AvgIpc) is 2.88. The highest BCUT2D eigenvalue weighted by Crippen LogP contribution is 2.26. The molecule has 2 aromatic heterocycles. The molecule has 2 N–H and O–H groups in total. The van der Waals surface area contributed by atoms with Crippen molar-refractivity contribution in [3.8, 4) is 11.3 Å². The van der Waals surface area contributed by atoms with Crippen LogP contribution in [0.3, 0.4) is 0 Å². The molecule has 0 aliphatic heterocycles. The van der Waals surface area contributed by atoms with Gasteiger partial charge in [0.1, 0.15) is 0 Å². The number of pyridine rings is 1. The molecule has 0 aromatic carbocycles. The van der Waals surface area contributed by atoms with E-state index in [1.54, 1.807) is 6.20 Å². The van der Waals surface area contributed by atoms with Crippen LogP contribution in [-0.2, 0) is 13.6 Å². The fourth-order valence-electron chi connectivity index (χ4n) is 2.94. The van der Waals surface area contributed by atoms with Crippen LogP contribution in [0.5, 0.6) is 0 Å². The molecule has 2 rings (SSSR count). The minimum atomic E-state index is -0.332. The zero-order chi connectivity index (χ0) is 17.0. The molecule has 0 bridgehead atoms. The van der Waals surface area contributed by atoms with E-state index in [9.17, 15) is 5.11 Å². The van der Waals surface area contributed by atoms with Crippen LogP contribution in [0.15, 0.2) is 30.7 Å². The lowest BCUT2D eigenvalue weighted by Crippen LogP contribution is -2.41. The zero-order valence-electron chi connectivity index (χ0n) is 14.7. The summed E-state index contributed by atoms with van der Waals surface area (Å²) in [6, 6.07) is 3.94. The predicted molar refractivity (Wildman–Crippen MR) is 92.8 cm³/mol. The van der Waals surface area contributed by atoms with Crippen molar-refractivity contribution in [2.45, 2.75) is 40.3 Å². The van der Waals surface area contributed by atoms with E-state index in [4.69, 9.17) is 0 Å². The smallest absolute Gasteiger partial charge is 0.0983 e. The van der Waals surface area contributed by atoms with E-state index in [1.807, 2.05) is 50.1 Å². The number of aryl methyl sites for hydroxylation is 1. The van der Waals surface area contributed by atoms with Crippen LogP contribution in [0.25, 0.3) is 11.3 Å². The molecule has 5 nitrogen and oxygen atoms in total. The van der Waals surface area contributed by atoms with Crippen LogP contribution < -0.4 is 5.32 Å². The number of aromatic nitrogens is 3. The molecule has 0 radical (unpaired) electrons. The van der Waals surface area contributed by atoms with Crippen molar-refractivity contribution >= 4 is 0 Å². The minimum Gasteiger partial charge on any atom is -0.392 e. The molecule has 1 unspecified atom stereocenters. The summed E-state index contributed by atoms with van der Waals surface area (Å²) in [6.45, 7) is 9.74. The van der Waals surface area contributed by atoms with Crippen molar-refractivity contribution in [3.05, 3.63) is 36.3 Å². The highest BCUT2D eigenvalue weighted by molar-refractivity contribution is 5.61. The molecule has 2 heterocycles. The Bertz CT molecular complexity index is 619. The highest BCUT2D eigenvalue weighted by Gasteiger charge is 2.29. The molecular weight excluding hydrogens is 288 g/mol. The maximum atomic E-state index is 10.3. The third-order valence-electron chi connectivity index (χ3n) is 4.17. The van der Waals surface area contributed by atoms with Gasteiger partial charge in [-0.25, -0.2) is 0 Å². The third kappa shape index (κ3) is 4.39. The first-order valence-electron chi connectivity index (χ1n) is 8.13. The zero-order valence-corrected chi connectivity index (χ0v) is 14.7. The summed E-state index contributed by atoms with van der Waals surface area (Å²) in [5.74, 6) is 0.246. The average molecular weight is 316 g/mol. The first kappa shape index (κ1) is 17.6. The number of rotatable bonds is 7. The lowest BCUT2D eigenvalue weighted by Gasteiger charge is -2.33. The van der Waals surface area contributed by atoms with Gasteiger partial charge in [0, 0.05) is 55.3 Å². The first-order valence-corrected chi connectivity index (χ1v) is 8.13. The van der Waals surface area contributed by atoms with Crippen molar-refractivity contribution in [1.29, 1.82) is 0 Å². The molecule has 0 aliphatic rings. The van der Waals surface area contributed by atoms with Gasteiger partial charge >= 0.3 is 0 Å². The van der Waals surface area contributed by atoms with Crippen LogP contribution in [0, 0.1) is 11.3 Å². The Morgan fingerprint density at radius 3 is 2.70 bits per heavy atom. The molecule has 0 aliphatic carbocycles. The van der Waals surface area contributed by atoms with Crippen LogP contribution in [0.2, 0.25) is 0 Å². The lowest BCUT2D eigenvalue weighted by atomic mass is 9.80. The van der Waals surface area contributed by atoms with Gasteiger partial charge in [0.2, 0.25) is 0 Å². The largest absolute Gasteiger partial charge is 0.392 e. The first-order chi connectivity index (χ1) is 10.8. The fourth-order valence-corrected chi connectivity index (χ4v) is 2.94. The molecular formula is C18H28N4O. The van der Waals surface area contributed by atoms with E-state index < -0.39 is 0 Å². The SMILES string of the molecule is CC(C)C(O)C(C)(C)CNCc1cn(C)nc1-c1cccnc1. The molecule has 5 heteroatoms. The lowest BCUT2D eigenvalue weighted by molar-refractivity contribution is 0.0134. The van der Waals surface area contributed by atoms with E-state index in [1.165, 1.54) is 0 Å². The molecule has 0 amide bonds. The van der Waals surface area contributed by atoms with Gasteiger partial charge in [-0.1, -0.05) is 27.7 Å². The van der Waals surface area contributed by atoms with Crippen LogP contribution in [0.4, 0.5) is 0 Å². The van der Waals surface area contributed by atoms with Gasteiger partial charge in [-0.05, 0) is 18.1 Å². The second-order valence-electron chi connectivity index (χ2n) is 7.20. The number of nitrogens with zero attached hydrogens (tertiary/aromatic N) is 3. The van der Waals surface area contributed by atoms with Gasteiger partial charge in [-0.15, -0.1) is 0 Å². The second kappa shape index (κ2) is 7.23. The Morgan fingerprint density at radius 2 is 2.09 bits per heavy atom. The summed E-state index contributed by atoms with van der Waals surface area (Å²) < 4.78 is 1.83. The molecule has 0 spiro atoms. The van der Waals surface area contributed by atoms with Crippen LogP contribution in [-0.4, -0.2) is 32.5 Å². The van der Waals surface area contributed by atoms with Gasteiger partial charge in [0.15, 0.2) is 0 Å². The van der Waals surface area contributed by atoms with Crippen molar-refractivity contribution < 1.29 is 5.11 Å². The van der Waals surface area contributed by atoms with Gasteiger partial charge in [-0.3, -0.25) is 9.67 Å². The van der Waals surface area contributed by atoms with E-state index >= 15 is 0 Å². The molecule has 2 aromatic rings. The van der Waals surface area contributed by atoms with E-state index in [2.05, 4.69) is 29.2 Å². The number of aliphatic hydroxyl groups is 1. The fraction of sp³-hybridized carbons (Fsp3) is 0.556. The van der Waals surface area contributed by atoms with Crippen molar-refractivity contribution in [3.63, 3.8) is 0 Å². The summed E-state index contributed by atoms with van der Waals surface area (Å²) >= 11 is 0. The number of nitrogens with one attached hydrogen (secondary N) is 1. The summed E-state index contributed by atoms with van der Waals surface area (Å²) in [6.07, 6.45) is 5.29. The maximum Gasteiger partial charge on any atom is 0.0983 e. The minimum absolute atomic E-state index is 0.176. The molecule has 0 fully saturated rings. The Morgan fingerprint density at radius 1 is 1.35 bits per heavy atom. The van der Waals surface area contributed by atoms with Crippen LogP contribution in [0.1, 0.15) is 33.3 Å². The van der Waals surface area contributed by atoms with Crippen molar-refractivity contribution in [2.24, 2.45) is 18.4 Å². The third-order valence-corrected chi connectivity index (χ3v) is 4.17. The summed E-state index contributed by atoms with van der Waals surface area (Å²) in [5, 5.41) is 18.3. The molecule has 0 saturated carbocycles. The summed E-state index contributed by atoms with van der Waals surface area (Å²) in [7, 11) is 1.93. The van der Waals surface area contributed by atoms with Crippen molar-refractivity contribution in [2.75, 3.05) is 6.54 Å². The topological polar surface area (TPSA) is 63.0 Å². The van der Waals surface area contributed by atoms with Gasteiger partial charge in [0.05, 0.1) is 11.8 Å². The molecule has 1 atom stereocenters. The summed E-state index contributed by atoms with van der Waals surface area (Å²) in [4.78, 5) is 4.17. The normalized spacial score (nSPS) is 13.5. The van der Waals surface area contributed by atoms with Gasteiger partial charge < -0.3 is 10.4 Å². The number of hydrogen-bond donors (Lipinski definition) is 2. The van der Waals surface area contributed by atoms with Crippen molar-refractivity contribution in [1.82, 2.24) is 20.1 Å². The molecule has 23 heavy (non-hydrogen) atoms. The molecule has 0 saturated heterocycles. The predicted octanol–water partition coefficient (Wildman–Crippen LogP) is 2.61. The summed E-state index contributed by atoms with van der Waals surface area (Å²) in [5.41, 5.74) is 2.93. The van der Waals surface area contributed by atoms with E-state index in [-0.39, 0.29) is 17.4 Å². The standard InChI is InChI=1S/C18H28N4O/c1-13(2)17(23)18(3,4)12-20-10-15-11-22(5)21-16(15)14-7-6-8-19-9-14/h6-9,11,13,17,20,23H,10,12H2,1-5H3. The molecule has 126 valence electrons. The Hall–Kier alpha value is -1.72. The quantitative estimate of drug-likeness (QED) is 0.824. The maximum absolute atomic E-state index is 10.3.